The zero-order chi connectivity index (χ0) is 20.2. The Morgan fingerprint density at radius 2 is 2.00 bits per heavy atom. The van der Waals surface area contributed by atoms with Gasteiger partial charge in [-0.15, -0.1) is 0 Å². The number of benzene rings is 1. The Bertz CT molecular complexity index is 858. The summed E-state index contributed by atoms with van der Waals surface area (Å²) >= 11 is 6.30. The molecule has 0 radical (unpaired) electrons. The molecule has 3 aliphatic rings. The molecule has 1 aromatic carbocycles. The summed E-state index contributed by atoms with van der Waals surface area (Å²) in [6, 6.07) is 4.99. The molecule has 8 heteroatoms. The molecule has 28 heavy (non-hydrogen) atoms. The smallest absolute Gasteiger partial charge is 0.250 e. The van der Waals surface area contributed by atoms with Gasteiger partial charge in [-0.05, 0) is 18.4 Å². The Hall–Kier alpha value is -1.96. The first-order chi connectivity index (χ1) is 13.3. The van der Waals surface area contributed by atoms with E-state index in [0.29, 0.717) is 28.6 Å². The van der Waals surface area contributed by atoms with Gasteiger partial charge in [0, 0.05) is 18.7 Å². The molecule has 2 fully saturated rings. The molecule has 4 atom stereocenters. The first-order valence-corrected chi connectivity index (χ1v) is 9.93. The number of hydrogen-bond donors (Lipinski definition) is 2. The van der Waals surface area contributed by atoms with E-state index in [1.165, 1.54) is 12.0 Å². The molecule has 3 aliphatic heterocycles. The Balaban J connectivity index is 1.84. The average Bonchev–Trinajstić information content (AvgIpc) is 3.20. The monoisotopic (exact) mass is 405 g/mol. The third-order valence-electron chi connectivity index (χ3n) is 6.03. The molecule has 0 aromatic heterocycles. The normalized spacial score (nSPS) is 31.1. The lowest BCUT2D eigenvalue weighted by molar-refractivity contribution is -0.143. The van der Waals surface area contributed by atoms with Crippen LogP contribution in [0.15, 0.2) is 18.2 Å². The first-order valence-electron chi connectivity index (χ1n) is 9.55. The van der Waals surface area contributed by atoms with Crippen molar-refractivity contribution in [1.82, 2.24) is 10.2 Å². The van der Waals surface area contributed by atoms with Crippen LogP contribution in [0.3, 0.4) is 0 Å². The van der Waals surface area contributed by atoms with E-state index in [9.17, 15) is 14.4 Å². The Kier molecular flexibility index (Phi) is 4.72. The molecule has 7 nitrogen and oxygen atoms in total. The van der Waals surface area contributed by atoms with Crippen LogP contribution < -0.4 is 10.6 Å². The van der Waals surface area contributed by atoms with E-state index in [1.54, 1.807) is 18.2 Å². The van der Waals surface area contributed by atoms with Crippen LogP contribution in [0.4, 0.5) is 5.69 Å². The van der Waals surface area contributed by atoms with E-state index in [1.807, 2.05) is 0 Å². The number of carbonyl (C=O) groups excluding carboxylic acids is 3. The molecule has 150 valence electrons. The summed E-state index contributed by atoms with van der Waals surface area (Å²) in [5.74, 6) is -1.96. The fourth-order valence-electron chi connectivity index (χ4n) is 4.97. The van der Waals surface area contributed by atoms with E-state index < -0.39 is 17.4 Å². The van der Waals surface area contributed by atoms with Crippen LogP contribution in [-0.2, 0) is 24.7 Å². The second-order valence-corrected chi connectivity index (χ2v) is 8.54. The number of methoxy groups -OCH3 is 1. The van der Waals surface area contributed by atoms with Crippen LogP contribution in [0.5, 0.6) is 0 Å². The molecular formula is C20H24ClN3O4. The number of imide groups is 1. The van der Waals surface area contributed by atoms with Gasteiger partial charge in [0.15, 0.2) is 0 Å². The van der Waals surface area contributed by atoms with Crippen molar-refractivity contribution in [2.24, 2.45) is 17.8 Å². The molecule has 0 aliphatic carbocycles. The third kappa shape index (κ3) is 2.53. The van der Waals surface area contributed by atoms with Crippen LogP contribution in [0, 0.1) is 17.8 Å². The van der Waals surface area contributed by atoms with E-state index in [0.717, 1.165) is 0 Å². The highest BCUT2D eigenvalue weighted by molar-refractivity contribution is 6.35. The van der Waals surface area contributed by atoms with Gasteiger partial charge < -0.3 is 10.1 Å². The van der Waals surface area contributed by atoms with Crippen LogP contribution >= 0.6 is 11.6 Å². The largest absolute Gasteiger partial charge is 0.383 e. The Morgan fingerprint density at radius 3 is 2.68 bits per heavy atom. The van der Waals surface area contributed by atoms with Crippen molar-refractivity contribution in [2.75, 3.05) is 25.6 Å². The van der Waals surface area contributed by atoms with Gasteiger partial charge in [-0.3, -0.25) is 24.6 Å². The second-order valence-electron chi connectivity index (χ2n) is 8.13. The Labute approximate surface area is 168 Å². The molecule has 4 rings (SSSR count). The van der Waals surface area contributed by atoms with E-state index >= 15 is 0 Å². The highest BCUT2D eigenvalue weighted by Crippen LogP contribution is 2.54. The van der Waals surface area contributed by atoms with Crippen LogP contribution in [0.1, 0.15) is 25.8 Å². The highest BCUT2D eigenvalue weighted by Gasteiger charge is 2.70. The van der Waals surface area contributed by atoms with Crippen molar-refractivity contribution < 1.29 is 19.1 Å². The Morgan fingerprint density at radius 1 is 1.25 bits per heavy atom. The number of anilines is 1. The molecular weight excluding hydrogens is 382 g/mol. The molecule has 0 bridgehead atoms. The minimum absolute atomic E-state index is 0.190. The number of halogens is 1. The number of ether oxygens (including phenoxy) is 1. The number of likely N-dealkylation sites (tertiary alicyclic amines) is 1. The first kappa shape index (κ1) is 19.4. The van der Waals surface area contributed by atoms with Crippen LogP contribution in [0.2, 0.25) is 5.02 Å². The molecule has 1 aromatic rings. The van der Waals surface area contributed by atoms with Crippen molar-refractivity contribution in [3.63, 3.8) is 0 Å². The predicted molar refractivity (Wildman–Crippen MR) is 104 cm³/mol. The molecule has 3 heterocycles. The maximum absolute atomic E-state index is 13.3. The van der Waals surface area contributed by atoms with Gasteiger partial charge >= 0.3 is 0 Å². The quantitative estimate of drug-likeness (QED) is 0.729. The average molecular weight is 406 g/mol. The maximum Gasteiger partial charge on any atom is 0.250 e. The van der Waals surface area contributed by atoms with Crippen molar-refractivity contribution in [1.29, 1.82) is 0 Å². The molecule has 0 saturated carbocycles. The summed E-state index contributed by atoms with van der Waals surface area (Å²) in [5, 5.41) is 6.66. The number of nitrogens with zero attached hydrogens (tertiary/aromatic N) is 1. The fourth-order valence-corrected chi connectivity index (χ4v) is 5.19. The summed E-state index contributed by atoms with van der Waals surface area (Å²) in [4.78, 5) is 41.0. The number of amides is 3. The van der Waals surface area contributed by atoms with E-state index in [-0.39, 0.29) is 36.9 Å². The van der Waals surface area contributed by atoms with Crippen LogP contribution in [0.25, 0.3) is 0 Å². The molecule has 3 amide bonds. The zero-order valence-electron chi connectivity index (χ0n) is 16.1. The molecule has 1 spiro atoms. The third-order valence-corrected chi connectivity index (χ3v) is 6.35. The van der Waals surface area contributed by atoms with Gasteiger partial charge in [-0.25, -0.2) is 0 Å². The number of fused-ring (bicyclic) bond motifs is 4. The van der Waals surface area contributed by atoms with Gasteiger partial charge in [-0.1, -0.05) is 37.6 Å². The number of rotatable bonds is 5. The van der Waals surface area contributed by atoms with E-state index in [4.69, 9.17) is 16.3 Å². The standard InChI is InChI=1S/C20H24ClN3O4/c1-10(2)9-13-14-15(18(26)24(17(14)25)7-8-28-3)20(23-13)11-5-4-6-12(21)16(11)22-19(20)27/h4-6,10,13-15,23H,7-9H2,1-3H3,(H,22,27)/t13-,14+,15+,20+/m1/s1. The topological polar surface area (TPSA) is 87.7 Å². The van der Waals surface area contributed by atoms with Crippen LogP contribution in [-0.4, -0.2) is 48.9 Å². The number of hydrogen-bond acceptors (Lipinski definition) is 5. The fraction of sp³-hybridized carbons (Fsp3) is 0.550. The lowest BCUT2D eigenvalue weighted by Crippen LogP contribution is -2.53. The van der Waals surface area contributed by atoms with Gasteiger partial charge in [0.05, 0.1) is 35.7 Å². The number of nitrogens with one attached hydrogen (secondary N) is 2. The number of para-hydroxylation sites is 1. The second kappa shape index (κ2) is 6.83. The van der Waals surface area contributed by atoms with E-state index in [2.05, 4.69) is 24.5 Å². The van der Waals surface area contributed by atoms with Gasteiger partial charge in [0.1, 0.15) is 5.54 Å². The summed E-state index contributed by atoms with van der Waals surface area (Å²) in [6.07, 6.45) is 0.684. The SMILES string of the molecule is COCCN1C(=O)[C@@H]2[C@@H](C1=O)[C@]1(N[C@@H]2CC(C)C)C(=O)Nc2c(Cl)cccc21. The lowest BCUT2D eigenvalue weighted by Gasteiger charge is -2.29. The summed E-state index contributed by atoms with van der Waals surface area (Å²) in [7, 11) is 1.53. The molecule has 2 saturated heterocycles. The van der Waals surface area contributed by atoms with Crippen molar-refractivity contribution in [2.45, 2.75) is 31.8 Å². The van der Waals surface area contributed by atoms with Crippen molar-refractivity contribution >= 4 is 35.0 Å². The summed E-state index contributed by atoms with van der Waals surface area (Å²) in [6.45, 7) is 4.58. The minimum Gasteiger partial charge on any atom is -0.383 e. The minimum atomic E-state index is -1.28. The zero-order valence-corrected chi connectivity index (χ0v) is 16.9. The molecule has 2 N–H and O–H groups in total. The lowest BCUT2D eigenvalue weighted by atomic mass is 9.76. The summed E-state index contributed by atoms with van der Waals surface area (Å²) < 4.78 is 5.07. The van der Waals surface area contributed by atoms with Gasteiger partial charge in [0.25, 0.3) is 0 Å². The maximum atomic E-state index is 13.3. The predicted octanol–water partition coefficient (Wildman–Crippen LogP) is 1.75. The van der Waals surface area contributed by atoms with Crippen molar-refractivity contribution in [3.05, 3.63) is 28.8 Å². The summed E-state index contributed by atoms with van der Waals surface area (Å²) in [5.41, 5.74) is -0.124. The highest BCUT2D eigenvalue weighted by atomic mass is 35.5. The van der Waals surface area contributed by atoms with Gasteiger partial charge in [-0.2, -0.15) is 0 Å². The molecule has 0 unspecified atom stereocenters. The number of carbonyl (C=O) groups is 3. The van der Waals surface area contributed by atoms with Gasteiger partial charge in [0.2, 0.25) is 17.7 Å². The van der Waals surface area contributed by atoms with Crippen molar-refractivity contribution in [3.8, 4) is 0 Å².